The van der Waals surface area contributed by atoms with Gasteiger partial charge in [0.1, 0.15) is 5.75 Å². The number of hydrogen-bond acceptors (Lipinski definition) is 5. The van der Waals surface area contributed by atoms with Crippen molar-refractivity contribution in [1.82, 2.24) is 5.43 Å². The van der Waals surface area contributed by atoms with Crippen LogP contribution in [0.4, 0.5) is 0 Å². The third kappa shape index (κ3) is 4.03. The summed E-state index contributed by atoms with van der Waals surface area (Å²) in [6, 6.07) is 14.1. The molecule has 0 saturated carbocycles. The Balaban J connectivity index is 1.81. The van der Waals surface area contributed by atoms with Crippen molar-refractivity contribution < 1.29 is 19.4 Å². The van der Waals surface area contributed by atoms with Crippen molar-refractivity contribution in [2.45, 2.75) is 0 Å². The lowest BCUT2D eigenvalue weighted by atomic mass is 10.1. The molecule has 27 heavy (non-hydrogen) atoms. The molecule has 0 atom stereocenters. The lowest BCUT2D eigenvalue weighted by molar-refractivity contribution is 0.0952. The maximum Gasteiger partial charge on any atom is 0.275 e. The molecule has 0 aliphatic carbocycles. The number of carbonyl (C=O) groups is 1. The van der Waals surface area contributed by atoms with Crippen LogP contribution in [0, 0.1) is 0 Å². The summed E-state index contributed by atoms with van der Waals surface area (Å²) in [5, 5.41) is 15.8. The fourth-order valence-electron chi connectivity index (χ4n) is 2.60. The number of nitrogens with zero attached hydrogens (tertiary/aromatic N) is 1. The van der Waals surface area contributed by atoms with E-state index < -0.39 is 5.91 Å². The average Bonchev–Trinajstić information content (AvgIpc) is 2.68. The third-order valence-corrected chi connectivity index (χ3v) is 4.67. The number of nitrogens with one attached hydrogen (secondary N) is 1. The topological polar surface area (TPSA) is 80.2 Å². The van der Waals surface area contributed by atoms with E-state index in [1.807, 2.05) is 24.3 Å². The molecule has 3 aromatic carbocycles. The van der Waals surface area contributed by atoms with E-state index in [4.69, 9.17) is 9.47 Å². The van der Waals surface area contributed by atoms with Crippen LogP contribution in [0.1, 0.15) is 15.9 Å². The van der Waals surface area contributed by atoms with Crippen LogP contribution in [0.5, 0.6) is 17.2 Å². The van der Waals surface area contributed by atoms with Crippen molar-refractivity contribution >= 4 is 38.8 Å². The van der Waals surface area contributed by atoms with Crippen LogP contribution in [0.2, 0.25) is 0 Å². The van der Waals surface area contributed by atoms with Gasteiger partial charge in [-0.2, -0.15) is 5.10 Å². The molecule has 6 nitrogen and oxygen atoms in total. The first-order valence-corrected chi connectivity index (χ1v) is 8.79. The number of rotatable bonds is 5. The smallest absolute Gasteiger partial charge is 0.275 e. The number of aromatic hydroxyl groups is 1. The van der Waals surface area contributed by atoms with Crippen LogP contribution in [0.15, 0.2) is 58.1 Å². The second kappa shape index (κ2) is 8.09. The van der Waals surface area contributed by atoms with Gasteiger partial charge in [-0.15, -0.1) is 0 Å². The molecular weight excluding hydrogens is 412 g/mol. The van der Waals surface area contributed by atoms with E-state index >= 15 is 0 Å². The largest absolute Gasteiger partial charge is 0.507 e. The zero-order valence-electron chi connectivity index (χ0n) is 14.7. The Morgan fingerprint density at radius 1 is 1.07 bits per heavy atom. The van der Waals surface area contributed by atoms with Gasteiger partial charge in [-0.3, -0.25) is 4.79 Å². The molecule has 3 rings (SSSR count). The van der Waals surface area contributed by atoms with Crippen molar-refractivity contribution in [2.75, 3.05) is 14.2 Å². The highest BCUT2D eigenvalue weighted by Gasteiger charge is 2.12. The molecule has 0 aliphatic heterocycles. The Labute approximate surface area is 164 Å². The second-order valence-electron chi connectivity index (χ2n) is 5.64. The lowest BCUT2D eigenvalue weighted by Crippen LogP contribution is -2.17. The Hall–Kier alpha value is -3.06. The van der Waals surface area contributed by atoms with Crippen molar-refractivity contribution in [1.29, 1.82) is 0 Å². The summed E-state index contributed by atoms with van der Waals surface area (Å²) < 4.78 is 11.2. The molecule has 7 heteroatoms. The van der Waals surface area contributed by atoms with Crippen LogP contribution < -0.4 is 14.9 Å². The third-order valence-electron chi connectivity index (χ3n) is 3.98. The van der Waals surface area contributed by atoms with Gasteiger partial charge >= 0.3 is 0 Å². The number of carbonyl (C=O) groups excluding carboxylic acids is 1. The zero-order valence-corrected chi connectivity index (χ0v) is 16.3. The maximum atomic E-state index is 12.4. The van der Waals surface area contributed by atoms with Gasteiger partial charge in [0.2, 0.25) is 0 Å². The number of methoxy groups -OCH3 is 2. The molecular formula is C20H17BrN2O4. The van der Waals surface area contributed by atoms with Gasteiger partial charge in [-0.25, -0.2) is 5.43 Å². The molecule has 3 aromatic rings. The minimum atomic E-state index is -0.508. The van der Waals surface area contributed by atoms with Gasteiger partial charge < -0.3 is 14.6 Å². The average molecular weight is 429 g/mol. The van der Waals surface area contributed by atoms with Crippen molar-refractivity contribution in [3.8, 4) is 17.2 Å². The summed E-state index contributed by atoms with van der Waals surface area (Å²) in [6.07, 6.45) is 1.47. The van der Waals surface area contributed by atoms with Crippen LogP contribution in [-0.2, 0) is 0 Å². The zero-order chi connectivity index (χ0) is 19.4. The molecule has 0 fully saturated rings. The van der Waals surface area contributed by atoms with Gasteiger partial charge in [0.25, 0.3) is 5.91 Å². The van der Waals surface area contributed by atoms with Gasteiger partial charge in [0.05, 0.1) is 26.0 Å². The highest BCUT2D eigenvalue weighted by atomic mass is 79.9. The van der Waals surface area contributed by atoms with E-state index in [0.717, 1.165) is 15.2 Å². The Kier molecular flexibility index (Phi) is 5.61. The van der Waals surface area contributed by atoms with Crippen LogP contribution in [0.3, 0.4) is 0 Å². The SMILES string of the molecule is COc1cc(Br)c(C=NNC(=O)c2cc3ccccc3cc2O)cc1OC. The number of ether oxygens (including phenoxy) is 2. The molecule has 2 N–H and O–H groups in total. The number of phenols is 1. The summed E-state index contributed by atoms with van der Waals surface area (Å²) in [5.41, 5.74) is 3.26. The van der Waals surface area contributed by atoms with Crippen LogP contribution in [0.25, 0.3) is 10.8 Å². The molecule has 0 heterocycles. The highest BCUT2D eigenvalue weighted by Crippen LogP contribution is 2.32. The van der Waals surface area contributed by atoms with Crippen LogP contribution >= 0.6 is 15.9 Å². The van der Waals surface area contributed by atoms with Gasteiger partial charge in [-0.05, 0) is 51.0 Å². The molecule has 0 spiro atoms. The fourth-order valence-corrected chi connectivity index (χ4v) is 3.02. The summed E-state index contributed by atoms with van der Waals surface area (Å²) >= 11 is 3.42. The molecule has 0 bridgehead atoms. The molecule has 0 aliphatic rings. The Morgan fingerprint density at radius 2 is 1.70 bits per heavy atom. The quantitative estimate of drug-likeness (QED) is 0.473. The molecule has 0 unspecified atom stereocenters. The van der Waals surface area contributed by atoms with E-state index in [1.54, 1.807) is 31.4 Å². The van der Waals surface area contributed by atoms with Gasteiger partial charge in [-0.1, -0.05) is 24.3 Å². The first kappa shape index (κ1) is 18.7. The van der Waals surface area contributed by atoms with E-state index in [9.17, 15) is 9.90 Å². The summed E-state index contributed by atoms with van der Waals surface area (Å²) in [6.45, 7) is 0. The number of phenolic OH excluding ortho intramolecular Hbond substituents is 1. The highest BCUT2D eigenvalue weighted by molar-refractivity contribution is 9.10. The lowest BCUT2D eigenvalue weighted by Gasteiger charge is -2.09. The van der Waals surface area contributed by atoms with Crippen molar-refractivity contribution in [3.05, 3.63) is 64.1 Å². The maximum absolute atomic E-state index is 12.4. The number of hydrogen-bond donors (Lipinski definition) is 2. The van der Waals surface area contributed by atoms with E-state index in [2.05, 4.69) is 26.5 Å². The standard InChI is InChI=1S/C20H17BrN2O4/c1-26-18-9-14(16(21)10-19(18)27-2)11-22-23-20(25)15-7-12-5-3-4-6-13(12)8-17(15)24/h3-11,24H,1-2H3,(H,23,25). The molecule has 0 radical (unpaired) electrons. The van der Waals surface area contributed by atoms with Gasteiger partial charge in [0.15, 0.2) is 11.5 Å². The fraction of sp³-hybridized carbons (Fsp3) is 0.100. The van der Waals surface area contributed by atoms with Crippen LogP contribution in [-0.4, -0.2) is 31.4 Å². The first-order chi connectivity index (χ1) is 13.0. The van der Waals surface area contributed by atoms with E-state index in [1.165, 1.54) is 13.3 Å². The summed E-state index contributed by atoms with van der Waals surface area (Å²) in [4.78, 5) is 12.4. The predicted octanol–water partition coefficient (Wildman–Crippen LogP) is 4.09. The normalized spacial score (nSPS) is 10.9. The van der Waals surface area contributed by atoms with E-state index in [-0.39, 0.29) is 11.3 Å². The minimum absolute atomic E-state index is 0.103. The number of hydrazone groups is 1. The van der Waals surface area contributed by atoms with Gasteiger partial charge in [0, 0.05) is 10.0 Å². The second-order valence-corrected chi connectivity index (χ2v) is 6.50. The van der Waals surface area contributed by atoms with Crippen molar-refractivity contribution in [3.63, 3.8) is 0 Å². The predicted molar refractivity (Wildman–Crippen MR) is 108 cm³/mol. The monoisotopic (exact) mass is 428 g/mol. The van der Waals surface area contributed by atoms with E-state index in [0.29, 0.717) is 17.1 Å². The Morgan fingerprint density at radius 3 is 2.37 bits per heavy atom. The molecule has 0 saturated heterocycles. The number of fused-ring (bicyclic) bond motifs is 1. The molecule has 138 valence electrons. The first-order valence-electron chi connectivity index (χ1n) is 8.00. The summed E-state index contributed by atoms with van der Waals surface area (Å²) in [5.74, 6) is 0.507. The minimum Gasteiger partial charge on any atom is -0.507 e. The number of amides is 1. The molecule has 1 amide bonds. The summed E-state index contributed by atoms with van der Waals surface area (Å²) in [7, 11) is 3.09. The molecule has 0 aromatic heterocycles. The number of halogens is 1. The Bertz CT molecular complexity index is 1030. The van der Waals surface area contributed by atoms with Crippen molar-refractivity contribution in [2.24, 2.45) is 5.10 Å². The number of benzene rings is 3.